The molecule has 0 aliphatic heterocycles. The van der Waals surface area contributed by atoms with Crippen LogP contribution in [0.2, 0.25) is 0 Å². The molecule has 0 unspecified atom stereocenters. The Morgan fingerprint density at radius 1 is 1.00 bits per heavy atom. The molecule has 0 aliphatic rings. The molecule has 1 N–H and O–H groups in total. The molecule has 0 aromatic heterocycles. The molecule has 0 atom stereocenters. The number of ether oxygens (including phenoxy) is 2. The Kier molecular flexibility index (Phi) is 6.15. The van der Waals surface area contributed by atoms with Gasteiger partial charge in [-0.1, -0.05) is 48.9 Å². The van der Waals surface area contributed by atoms with E-state index in [4.69, 9.17) is 9.47 Å². The number of hydrogen-bond acceptors (Lipinski definition) is 3. The highest BCUT2D eigenvalue weighted by molar-refractivity contribution is 6.23. The molecule has 4 nitrogen and oxygen atoms in total. The van der Waals surface area contributed by atoms with Crippen LogP contribution in [0.15, 0.2) is 48.5 Å². The van der Waals surface area contributed by atoms with E-state index < -0.39 is 5.97 Å². The van der Waals surface area contributed by atoms with Crippen LogP contribution in [-0.4, -0.2) is 25.0 Å². The third kappa shape index (κ3) is 4.24. The van der Waals surface area contributed by atoms with E-state index in [0.29, 0.717) is 23.3 Å². The number of benzene rings is 2. The van der Waals surface area contributed by atoms with Crippen LogP contribution in [0.5, 0.6) is 5.75 Å². The number of carbonyl (C=O) groups is 1. The number of aryl methyl sites for hydroxylation is 1. The molecule has 126 valence electrons. The van der Waals surface area contributed by atoms with Crippen LogP contribution in [0.1, 0.15) is 30.0 Å². The molecule has 0 fully saturated rings. The van der Waals surface area contributed by atoms with E-state index in [2.05, 4.69) is 0 Å². The largest absolute Gasteiger partial charge is 0.478 e. The van der Waals surface area contributed by atoms with Crippen molar-refractivity contribution in [2.75, 3.05) is 13.9 Å². The maximum absolute atomic E-state index is 11.9. The summed E-state index contributed by atoms with van der Waals surface area (Å²) in [6, 6.07) is 14.9. The smallest absolute Gasteiger partial charge is 0.336 e. The van der Waals surface area contributed by atoms with E-state index in [9.17, 15) is 9.90 Å². The van der Waals surface area contributed by atoms with Gasteiger partial charge < -0.3 is 14.6 Å². The lowest BCUT2D eigenvalue weighted by molar-refractivity contribution is -0.130. The van der Waals surface area contributed by atoms with E-state index in [-0.39, 0.29) is 6.79 Å². The van der Waals surface area contributed by atoms with Gasteiger partial charge in [0.15, 0.2) is 6.79 Å². The van der Waals surface area contributed by atoms with Gasteiger partial charge >= 0.3 is 5.97 Å². The minimum absolute atomic E-state index is 0.157. The maximum Gasteiger partial charge on any atom is 0.336 e. The van der Waals surface area contributed by atoms with Gasteiger partial charge in [-0.15, -0.1) is 0 Å². The first-order valence-corrected chi connectivity index (χ1v) is 7.82. The summed E-state index contributed by atoms with van der Waals surface area (Å²) in [5, 5.41) is 9.75. The lowest BCUT2D eigenvalue weighted by Crippen LogP contribution is -2.04. The first kappa shape index (κ1) is 17.8. The number of rotatable bonds is 7. The zero-order valence-corrected chi connectivity index (χ0v) is 14.2. The Labute approximate surface area is 142 Å². The summed E-state index contributed by atoms with van der Waals surface area (Å²) < 4.78 is 10.2. The monoisotopic (exact) mass is 326 g/mol. The molecule has 0 saturated carbocycles. The molecule has 0 radical (unpaired) electrons. The maximum atomic E-state index is 11.9. The van der Waals surface area contributed by atoms with Gasteiger partial charge in [0, 0.05) is 7.11 Å². The fraction of sp³-hybridized carbons (Fsp3) is 0.250. The van der Waals surface area contributed by atoms with Gasteiger partial charge in [-0.2, -0.15) is 0 Å². The summed E-state index contributed by atoms with van der Waals surface area (Å²) in [6.45, 7) is 4.13. The van der Waals surface area contributed by atoms with Crippen molar-refractivity contribution in [3.05, 3.63) is 65.2 Å². The Morgan fingerprint density at radius 2 is 1.58 bits per heavy atom. The van der Waals surface area contributed by atoms with Gasteiger partial charge in [-0.25, -0.2) is 4.79 Å². The Morgan fingerprint density at radius 3 is 2.08 bits per heavy atom. The third-order valence-corrected chi connectivity index (χ3v) is 3.76. The molecule has 4 heteroatoms. The lowest BCUT2D eigenvalue weighted by Gasteiger charge is -2.13. The SMILES string of the molecule is CCC(=C(C(=O)O)c1ccc(OCOC)cc1)c1ccc(C)cc1. The Hall–Kier alpha value is -2.59. The molecular weight excluding hydrogens is 304 g/mol. The average Bonchev–Trinajstić information content (AvgIpc) is 2.59. The fourth-order valence-electron chi connectivity index (χ4n) is 2.55. The molecule has 24 heavy (non-hydrogen) atoms. The normalized spacial score (nSPS) is 11.8. The molecule has 2 rings (SSSR count). The molecule has 0 amide bonds. The van der Waals surface area contributed by atoms with Gasteiger partial charge in [0.2, 0.25) is 0 Å². The van der Waals surface area contributed by atoms with E-state index in [0.717, 1.165) is 16.7 Å². The van der Waals surface area contributed by atoms with Crippen molar-refractivity contribution < 1.29 is 19.4 Å². The second kappa shape index (κ2) is 8.31. The first-order valence-electron chi connectivity index (χ1n) is 7.82. The van der Waals surface area contributed by atoms with Crippen molar-refractivity contribution in [3.8, 4) is 5.75 Å². The van der Waals surface area contributed by atoms with Crippen LogP contribution < -0.4 is 4.74 Å². The summed E-state index contributed by atoms with van der Waals surface area (Å²) in [4.78, 5) is 11.9. The highest BCUT2D eigenvalue weighted by Crippen LogP contribution is 2.30. The summed E-state index contributed by atoms with van der Waals surface area (Å²) in [5.74, 6) is -0.295. The summed E-state index contributed by atoms with van der Waals surface area (Å²) >= 11 is 0. The van der Waals surface area contributed by atoms with E-state index >= 15 is 0 Å². The highest BCUT2D eigenvalue weighted by atomic mass is 16.7. The fourth-order valence-corrected chi connectivity index (χ4v) is 2.55. The molecule has 0 heterocycles. The van der Waals surface area contributed by atoms with Crippen LogP contribution >= 0.6 is 0 Å². The number of carboxylic acid groups (broad SMARTS) is 1. The molecular formula is C20H22O4. The molecule has 0 aliphatic carbocycles. The minimum atomic E-state index is -0.932. The quantitative estimate of drug-likeness (QED) is 0.466. The van der Waals surface area contributed by atoms with Crippen molar-refractivity contribution >= 4 is 17.1 Å². The zero-order valence-electron chi connectivity index (χ0n) is 14.2. The van der Waals surface area contributed by atoms with Gasteiger partial charge in [0.1, 0.15) is 5.75 Å². The van der Waals surface area contributed by atoms with Crippen molar-refractivity contribution in [2.24, 2.45) is 0 Å². The molecule has 2 aromatic rings. The predicted molar refractivity (Wildman–Crippen MR) is 94.9 cm³/mol. The minimum Gasteiger partial charge on any atom is -0.478 e. The van der Waals surface area contributed by atoms with E-state index in [1.54, 1.807) is 31.4 Å². The van der Waals surface area contributed by atoms with Gasteiger partial charge in [0.05, 0.1) is 5.57 Å². The Bertz CT molecular complexity index is 712. The number of hydrogen-bond donors (Lipinski definition) is 1. The lowest BCUT2D eigenvalue weighted by atomic mass is 9.92. The third-order valence-electron chi connectivity index (χ3n) is 3.76. The summed E-state index contributed by atoms with van der Waals surface area (Å²) in [5.41, 5.74) is 3.86. The summed E-state index contributed by atoms with van der Waals surface area (Å²) in [7, 11) is 1.55. The van der Waals surface area contributed by atoms with Crippen LogP contribution in [0.3, 0.4) is 0 Å². The van der Waals surface area contributed by atoms with Gasteiger partial charge in [-0.3, -0.25) is 0 Å². The van der Waals surface area contributed by atoms with Gasteiger partial charge in [-0.05, 0) is 42.2 Å². The second-order valence-electron chi connectivity index (χ2n) is 5.45. The number of aliphatic carboxylic acids is 1. The van der Waals surface area contributed by atoms with Crippen LogP contribution in [-0.2, 0) is 9.53 Å². The Balaban J connectivity index is 2.46. The molecule has 0 bridgehead atoms. The van der Waals surface area contributed by atoms with Crippen LogP contribution in [0.4, 0.5) is 0 Å². The molecule has 0 saturated heterocycles. The van der Waals surface area contributed by atoms with Crippen LogP contribution in [0.25, 0.3) is 11.1 Å². The number of methoxy groups -OCH3 is 1. The van der Waals surface area contributed by atoms with Crippen molar-refractivity contribution in [3.63, 3.8) is 0 Å². The number of allylic oxidation sites excluding steroid dienone is 1. The summed E-state index contributed by atoms with van der Waals surface area (Å²) in [6.07, 6.45) is 0.632. The first-order chi connectivity index (χ1) is 11.6. The second-order valence-corrected chi connectivity index (χ2v) is 5.45. The number of carboxylic acids is 1. The van der Waals surface area contributed by atoms with Gasteiger partial charge in [0.25, 0.3) is 0 Å². The predicted octanol–water partition coefficient (Wildman–Crippen LogP) is 4.38. The van der Waals surface area contributed by atoms with Crippen molar-refractivity contribution in [2.45, 2.75) is 20.3 Å². The van der Waals surface area contributed by atoms with Crippen molar-refractivity contribution in [1.29, 1.82) is 0 Å². The zero-order chi connectivity index (χ0) is 17.5. The topological polar surface area (TPSA) is 55.8 Å². The average molecular weight is 326 g/mol. The highest BCUT2D eigenvalue weighted by Gasteiger charge is 2.17. The standard InChI is InChI=1S/C20H22O4/c1-4-18(15-7-5-14(2)6-8-15)19(20(21)22)16-9-11-17(12-10-16)24-13-23-3/h5-12H,4,13H2,1-3H3,(H,21,22). The molecule has 2 aromatic carbocycles. The van der Waals surface area contributed by atoms with E-state index in [1.807, 2.05) is 38.1 Å². The van der Waals surface area contributed by atoms with Crippen LogP contribution in [0, 0.1) is 6.92 Å². The molecule has 0 spiro atoms. The van der Waals surface area contributed by atoms with Crippen molar-refractivity contribution in [1.82, 2.24) is 0 Å². The van der Waals surface area contributed by atoms with E-state index in [1.165, 1.54) is 0 Å².